The van der Waals surface area contributed by atoms with Gasteiger partial charge in [0, 0.05) is 29.8 Å². The van der Waals surface area contributed by atoms with Gasteiger partial charge in [0.05, 0.1) is 0 Å². The summed E-state index contributed by atoms with van der Waals surface area (Å²) in [6.45, 7) is 1.35. The number of anilines is 1. The molecule has 1 saturated heterocycles. The van der Waals surface area contributed by atoms with Gasteiger partial charge in [0.25, 0.3) is 0 Å². The molecule has 1 aliphatic heterocycles. The normalized spacial score (nSPS) is 18.7. The minimum absolute atomic E-state index is 0. The fraction of sp³-hybridized carbons (Fsp3) is 0.364. The van der Waals surface area contributed by atoms with Crippen molar-refractivity contribution in [3.05, 3.63) is 29.3 Å². The Bertz CT molecular complexity index is 383. The standard InChI is InChI=1S/C11H14ClN3O.ClH/c12-8-1-3-10(4-2-8)14-11(16)15-6-5-9(13)7-15;/h1-4,9H,5-7,13H2,(H,14,16);1H/t9-;/m1./s1. The maximum absolute atomic E-state index is 11.8. The smallest absolute Gasteiger partial charge is 0.321 e. The lowest BCUT2D eigenvalue weighted by Gasteiger charge is -2.16. The van der Waals surface area contributed by atoms with Crippen molar-refractivity contribution < 1.29 is 4.79 Å². The number of carbonyl (C=O) groups excluding carboxylic acids is 1. The minimum atomic E-state index is -0.102. The Morgan fingerprint density at radius 2 is 2.06 bits per heavy atom. The van der Waals surface area contributed by atoms with E-state index >= 15 is 0 Å². The van der Waals surface area contributed by atoms with E-state index in [1.807, 2.05) is 0 Å². The highest BCUT2D eigenvalue weighted by molar-refractivity contribution is 6.30. The summed E-state index contributed by atoms with van der Waals surface area (Å²) in [5, 5.41) is 3.46. The molecule has 3 N–H and O–H groups in total. The summed E-state index contributed by atoms with van der Waals surface area (Å²) in [6, 6.07) is 7.04. The molecule has 1 atom stereocenters. The highest BCUT2D eigenvalue weighted by Crippen LogP contribution is 2.15. The van der Waals surface area contributed by atoms with E-state index in [4.69, 9.17) is 17.3 Å². The van der Waals surface area contributed by atoms with Gasteiger partial charge in [-0.1, -0.05) is 11.6 Å². The molecule has 0 unspecified atom stereocenters. The zero-order valence-electron chi connectivity index (χ0n) is 9.23. The SMILES string of the molecule is Cl.N[C@@H]1CCN(C(=O)Nc2ccc(Cl)cc2)C1. The second kappa shape index (κ2) is 6.10. The number of hydrogen-bond acceptors (Lipinski definition) is 2. The molecule has 1 aliphatic rings. The van der Waals surface area contributed by atoms with Crippen LogP contribution in [0, 0.1) is 0 Å². The van der Waals surface area contributed by atoms with Crippen LogP contribution in [0.1, 0.15) is 6.42 Å². The molecule has 1 fully saturated rings. The molecule has 0 aromatic heterocycles. The van der Waals surface area contributed by atoms with E-state index in [9.17, 15) is 4.79 Å². The summed E-state index contributed by atoms with van der Waals surface area (Å²) >= 11 is 5.75. The van der Waals surface area contributed by atoms with Crippen LogP contribution in [0.2, 0.25) is 5.02 Å². The number of nitrogens with two attached hydrogens (primary N) is 1. The topological polar surface area (TPSA) is 58.4 Å². The van der Waals surface area contributed by atoms with Crippen molar-refractivity contribution in [3.63, 3.8) is 0 Å². The highest BCUT2D eigenvalue weighted by atomic mass is 35.5. The largest absolute Gasteiger partial charge is 0.326 e. The predicted molar refractivity (Wildman–Crippen MR) is 71.9 cm³/mol. The van der Waals surface area contributed by atoms with Crippen molar-refractivity contribution in [2.45, 2.75) is 12.5 Å². The van der Waals surface area contributed by atoms with Gasteiger partial charge in [-0.3, -0.25) is 0 Å². The van der Waals surface area contributed by atoms with Gasteiger partial charge in [-0.15, -0.1) is 12.4 Å². The fourth-order valence-corrected chi connectivity index (χ4v) is 1.83. The highest BCUT2D eigenvalue weighted by Gasteiger charge is 2.23. The third kappa shape index (κ3) is 3.77. The van der Waals surface area contributed by atoms with Crippen molar-refractivity contribution in [1.29, 1.82) is 0 Å². The minimum Gasteiger partial charge on any atom is -0.326 e. The number of amides is 2. The molecule has 1 aromatic carbocycles. The number of likely N-dealkylation sites (tertiary alicyclic amines) is 1. The number of hydrogen-bond donors (Lipinski definition) is 2. The molecule has 4 nitrogen and oxygen atoms in total. The second-order valence-electron chi connectivity index (χ2n) is 3.93. The van der Waals surface area contributed by atoms with E-state index in [2.05, 4.69) is 5.32 Å². The molecule has 17 heavy (non-hydrogen) atoms. The molecule has 0 spiro atoms. The summed E-state index contributed by atoms with van der Waals surface area (Å²) < 4.78 is 0. The molecule has 1 heterocycles. The van der Waals surface area contributed by atoms with Gasteiger partial charge in [0.15, 0.2) is 0 Å². The average molecular weight is 276 g/mol. The summed E-state index contributed by atoms with van der Waals surface area (Å²) in [6.07, 6.45) is 0.869. The Hall–Kier alpha value is -0.970. The van der Waals surface area contributed by atoms with Crippen LogP contribution in [-0.2, 0) is 0 Å². The molecule has 0 saturated carbocycles. The van der Waals surface area contributed by atoms with Gasteiger partial charge in [0.2, 0.25) is 0 Å². The maximum atomic E-state index is 11.8. The van der Waals surface area contributed by atoms with E-state index in [1.165, 1.54) is 0 Å². The number of carbonyl (C=O) groups is 1. The summed E-state index contributed by atoms with van der Waals surface area (Å²) in [5.41, 5.74) is 6.48. The molecule has 2 amide bonds. The van der Waals surface area contributed by atoms with Crippen molar-refractivity contribution >= 4 is 35.7 Å². The molecule has 0 bridgehead atoms. The number of rotatable bonds is 1. The summed E-state index contributed by atoms with van der Waals surface area (Å²) in [7, 11) is 0. The van der Waals surface area contributed by atoms with E-state index < -0.39 is 0 Å². The van der Waals surface area contributed by atoms with Gasteiger partial charge >= 0.3 is 6.03 Å². The number of urea groups is 1. The molecule has 0 aliphatic carbocycles. The summed E-state index contributed by atoms with van der Waals surface area (Å²) in [5.74, 6) is 0. The maximum Gasteiger partial charge on any atom is 0.321 e. The first kappa shape index (κ1) is 14.1. The van der Waals surface area contributed by atoms with Crippen molar-refractivity contribution in [1.82, 2.24) is 4.90 Å². The van der Waals surface area contributed by atoms with Crippen LogP contribution in [0.3, 0.4) is 0 Å². The van der Waals surface area contributed by atoms with Crippen LogP contribution < -0.4 is 11.1 Å². The zero-order chi connectivity index (χ0) is 11.5. The predicted octanol–water partition coefficient (Wildman–Crippen LogP) is 2.33. The van der Waals surface area contributed by atoms with E-state index in [-0.39, 0.29) is 24.5 Å². The van der Waals surface area contributed by atoms with E-state index in [0.717, 1.165) is 18.7 Å². The van der Waals surface area contributed by atoms with E-state index in [0.29, 0.717) is 11.6 Å². The first-order valence-electron chi connectivity index (χ1n) is 5.22. The first-order chi connectivity index (χ1) is 7.65. The third-order valence-electron chi connectivity index (χ3n) is 2.61. The second-order valence-corrected chi connectivity index (χ2v) is 4.37. The molecule has 1 aromatic rings. The molecular formula is C11H15Cl2N3O. The lowest BCUT2D eigenvalue weighted by molar-refractivity contribution is 0.222. The number of halogens is 2. The van der Waals surface area contributed by atoms with Gasteiger partial charge in [-0.05, 0) is 30.7 Å². The average Bonchev–Trinajstić information content (AvgIpc) is 2.68. The van der Waals surface area contributed by atoms with Crippen molar-refractivity contribution in [2.75, 3.05) is 18.4 Å². The number of nitrogens with one attached hydrogen (secondary N) is 1. The Balaban J connectivity index is 0.00000144. The van der Waals surface area contributed by atoms with Crippen molar-refractivity contribution in [2.24, 2.45) is 5.73 Å². The molecular weight excluding hydrogens is 261 g/mol. The van der Waals surface area contributed by atoms with Crippen LogP contribution in [0.4, 0.5) is 10.5 Å². The van der Waals surface area contributed by atoms with Gasteiger partial charge in [0.1, 0.15) is 0 Å². The van der Waals surface area contributed by atoms with Gasteiger partial charge < -0.3 is 16.0 Å². The molecule has 6 heteroatoms. The quantitative estimate of drug-likeness (QED) is 0.827. The fourth-order valence-electron chi connectivity index (χ4n) is 1.71. The summed E-state index contributed by atoms with van der Waals surface area (Å²) in [4.78, 5) is 13.5. The van der Waals surface area contributed by atoms with Crippen LogP contribution in [0.15, 0.2) is 24.3 Å². The Morgan fingerprint density at radius 3 is 2.59 bits per heavy atom. The molecule has 94 valence electrons. The molecule has 0 radical (unpaired) electrons. The van der Waals surface area contributed by atoms with Crippen LogP contribution in [0.5, 0.6) is 0 Å². The Labute approximate surface area is 112 Å². The first-order valence-corrected chi connectivity index (χ1v) is 5.60. The Morgan fingerprint density at radius 1 is 1.41 bits per heavy atom. The Kier molecular flexibility index (Phi) is 5.05. The lowest BCUT2D eigenvalue weighted by atomic mass is 10.3. The van der Waals surface area contributed by atoms with Crippen LogP contribution in [-0.4, -0.2) is 30.1 Å². The van der Waals surface area contributed by atoms with Crippen LogP contribution in [0.25, 0.3) is 0 Å². The van der Waals surface area contributed by atoms with Crippen LogP contribution >= 0.6 is 24.0 Å². The van der Waals surface area contributed by atoms with E-state index in [1.54, 1.807) is 29.2 Å². The zero-order valence-corrected chi connectivity index (χ0v) is 10.8. The number of benzene rings is 1. The third-order valence-corrected chi connectivity index (χ3v) is 2.86. The lowest BCUT2D eigenvalue weighted by Crippen LogP contribution is -2.35. The van der Waals surface area contributed by atoms with Crippen molar-refractivity contribution in [3.8, 4) is 0 Å². The number of nitrogens with zero attached hydrogens (tertiary/aromatic N) is 1. The van der Waals surface area contributed by atoms with Gasteiger partial charge in [-0.25, -0.2) is 4.79 Å². The monoisotopic (exact) mass is 275 g/mol. The van der Waals surface area contributed by atoms with Gasteiger partial charge in [-0.2, -0.15) is 0 Å². The molecule has 2 rings (SSSR count).